The number of allylic oxidation sites excluding steroid dienone is 1. The van der Waals surface area contributed by atoms with Gasteiger partial charge in [0.05, 0.1) is 11.1 Å². The Hall–Kier alpha value is -2.88. The summed E-state index contributed by atoms with van der Waals surface area (Å²) in [6.45, 7) is 12.2. The van der Waals surface area contributed by atoms with Crippen LogP contribution in [0.4, 0.5) is 0 Å². The van der Waals surface area contributed by atoms with Crippen LogP contribution in [-0.4, -0.2) is 24.1 Å². The van der Waals surface area contributed by atoms with E-state index in [0.717, 1.165) is 18.8 Å². The number of carbonyl (C=O) groups is 2. The molecule has 0 aliphatic carbocycles. The topological polar surface area (TPSA) is 52.6 Å². The van der Waals surface area contributed by atoms with Crippen molar-refractivity contribution in [3.05, 3.63) is 84.4 Å². The first kappa shape index (κ1) is 31.2. The summed E-state index contributed by atoms with van der Waals surface area (Å²) in [6.07, 6.45) is 11.5. The number of carbonyl (C=O) groups excluding carboxylic acids is 2. The van der Waals surface area contributed by atoms with Crippen LogP contribution in [0.15, 0.2) is 73.3 Å². The first-order chi connectivity index (χ1) is 17.4. The highest BCUT2D eigenvalue weighted by Gasteiger charge is 2.21. The lowest BCUT2D eigenvalue weighted by atomic mass is 9.94. The van der Waals surface area contributed by atoms with Crippen molar-refractivity contribution in [1.82, 2.24) is 0 Å². The Balaban J connectivity index is 0.000000497. The van der Waals surface area contributed by atoms with E-state index in [9.17, 15) is 9.59 Å². The highest BCUT2D eigenvalue weighted by Crippen LogP contribution is 2.18. The van der Waals surface area contributed by atoms with Gasteiger partial charge in [0.2, 0.25) is 0 Å². The summed E-state index contributed by atoms with van der Waals surface area (Å²) < 4.78 is 11.1. The standard InChI is InChI=1S/C21H24O4.C11H22/c1-3-10-19(25-21(23)18-13-8-5-9-14-18)15-16(2)24-20(22)17-11-6-4-7-12-17;1-4-7-9-11(6-3)10-8-5-2/h4-9,11-14,16,19H,3,10,15H2,1-2H3;4,11H,1,5-10H2,2-3H3. The van der Waals surface area contributed by atoms with Crippen LogP contribution in [0.3, 0.4) is 0 Å². The first-order valence-electron chi connectivity index (χ1n) is 13.6. The van der Waals surface area contributed by atoms with Crippen molar-refractivity contribution in [3.8, 4) is 0 Å². The monoisotopic (exact) mass is 494 g/mol. The van der Waals surface area contributed by atoms with E-state index in [4.69, 9.17) is 9.47 Å². The lowest BCUT2D eigenvalue weighted by molar-refractivity contribution is 0.00162. The van der Waals surface area contributed by atoms with Crippen LogP contribution >= 0.6 is 0 Å². The van der Waals surface area contributed by atoms with Crippen LogP contribution in [0, 0.1) is 5.92 Å². The number of esters is 2. The van der Waals surface area contributed by atoms with Crippen molar-refractivity contribution >= 4 is 11.9 Å². The molecule has 0 amide bonds. The fraction of sp³-hybridized carbons (Fsp3) is 0.500. The van der Waals surface area contributed by atoms with Crippen LogP contribution in [0.1, 0.15) is 106 Å². The predicted octanol–water partition coefficient (Wildman–Crippen LogP) is 8.82. The molecule has 0 spiro atoms. The van der Waals surface area contributed by atoms with Gasteiger partial charge in [-0.3, -0.25) is 0 Å². The van der Waals surface area contributed by atoms with Gasteiger partial charge in [-0.15, -0.1) is 6.58 Å². The molecule has 2 rings (SSSR count). The minimum atomic E-state index is -0.363. The SMILES string of the molecule is C=CCCC(CC)CCCC.CCCC(CC(C)OC(=O)c1ccccc1)OC(=O)c1ccccc1. The molecule has 198 valence electrons. The van der Waals surface area contributed by atoms with Gasteiger partial charge in [0.1, 0.15) is 12.2 Å². The van der Waals surface area contributed by atoms with E-state index in [1.54, 1.807) is 48.5 Å². The summed E-state index contributed by atoms with van der Waals surface area (Å²) in [6, 6.07) is 17.8. The number of hydrogen-bond donors (Lipinski definition) is 0. The third-order valence-electron chi connectivity index (χ3n) is 6.13. The van der Waals surface area contributed by atoms with E-state index in [2.05, 4.69) is 20.4 Å². The highest BCUT2D eigenvalue weighted by molar-refractivity contribution is 5.90. The van der Waals surface area contributed by atoms with Gasteiger partial charge in [0, 0.05) is 6.42 Å². The maximum absolute atomic E-state index is 12.2. The van der Waals surface area contributed by atoms with Gasteiger partial charge in [0.25, 0.3) is 0 Å². The molecule has 0 fully saturated rings. The summed E-state index contributed by atoms with van der Waals surface area (Å²) in [5, 5.41) is 0. The van der Waals surface area contributed by atoms with Crippen LogP contribution in [-0.2, 0) is 9.47 Å². The lowest BCUT2D eigenvalue weighted by Crippen LogP contribution is -2.25. The molecule has 0 saturated carbocycles. The molecule has 0 saturated heterocycles. The molecule has 3 unspecified atom stereocenters. The van der Waals surface area contributed by atoms with Crippen LogP contribution < -0.4 is 0 Å². The molecule has 0 aliphatic rings. The molecule has 3 atom stereocenters. The molecule has 2 aromatic carbocycles. The average molecular weight is 495 g/mol. The van der Waals surface area contributed by atoms with Crippen molar-refractivity contribution in [2.75, 3.05) is 0 Å². The first-order valence-corrected chi connectivity index (χ1v) is 13.6. The minimum Gasteiger partial charge on any atom is -0.459 e. The van der Waals surface area contributed by atoms with Gasteiger partial charge in [-0.2, -0.15) is 0 Å². The third-order valence-corrected chi connectivity index (χ3v) is 6.13. The molecule has 0 N–H and O–H groups in total. The number of benzene rings is 2. The number of rotatable bonds is 15. The summed E-state index contributed by atoms with van der Waals surface area (Å²) in [7, 11) is 0. The Morgan fingerprint density at radius 2 is 1.36 bits per heavy atom. The van der Waals surface area contributed by atoms with E-state index in [0.29, 0.717) is 17.5 Å². The van der Waals surface area contributed by atoms with E-state index in [1.165, 1.54) is 38.5 Å². The Kier molecular flexibility index (Phi) is 16.7. The molecule has 0 aromatic heterocycles. The third kappa shape index (κ3) is 13.3. The molecule has 4 heteroatoms. The lowest BCUT2D eigenvalue weighted by Gasteiger charge is -2.21. The fourth-order valence-corrected chi connectivity index (χ4v) is 3.98. The summed E-state index contributed by atoms with van der Waals surface area (Å²) in [4.78, 5) is 24.3. The van der Waals surface area contributed by atoms with Gasteiger partial charge >= 0.3 is 11.9 Å². The van der Waals surface area contributed by atoms with E-state index in [1.807, 2.05) is 32.1 Å². The quantitative estimate of drug-likeness (QED) is 0.183. The zero-order chi connectivity index (χ0) is 26.6. The zero-order valence-electron chi connectivity index (χ0n) is 22.8. The summed E-state index contributed by atoms with van der Waals surface area (Å²) in [5.74, 6) is 0.242. The molecule has 4 nitrogen and oxygen atoms in total. The molecular formula is C32H46O4. The van der Waals surface area contributed by atoms with E-state index >= 15 is 0 Å². The van der Waals surface area contributed by atoms with Crippen LogP contribution in [0.2, 0.25) is 0 Å². The second-order valence-electron chi connectivity index (χ2n) is 9.28. The Morgan fingerprint density at radius 3 is 1.83 bits per heavy atom. The molecule has 0 heterocycles. The summed E-state index contributed by atoms with van der Waals surface area (Å²) in [5.41, 5.74) is 1.04. The maximum atomic E-state index is 12.2. The largest absolute Gasteiger partial charge is 0.459 e. The normalized spacial score (nSPS) is 12.9. The second-order valence-corrected chi connectivity index (χ2v) is 9.28. The van der Waals surface area contributed by atoms with Crippen LogP contribution in [0.25, 0.3) is 0 Å². The number of ether oxygens (including phenoxy) is 2. The molecule has 0 bridgehead atoms. The van der Waals surface area contributed by atoms with Gasteiger partial charge in [-0.1, -0.05) is 95.3 Å². The molecule has 2 aromatic rings. The number of hydrogen-bond acceptors (Lipinski definition) is 4. The summed E-state index contributed by atoms with van der Waals surface area (Å²) >= 11 is 0. The average Bonchev–Trinajstić information content (AvgIpc) is 2.90. The molecular weight excluding hydrogens is 448 g/mol. The highest BCUT2D eigenvalue weighted by atomic mass is 16.6. The Morgan fingerprint density at radius 1 is 0.806 bits per heavy atom. The van der Waals surface area contributed by atoms with Gasteiger partial charge in [-0.05, 0) is 56.4 Å². The van der Waals surface area contributed by atoms with E-state index in [-0.39, 0.29) is 24.1 Å². The second kappa shape index (κ2) is 19.3. The van der Waals surface area contributed by atoms with Crippen molar-refractivity contribution in [2.45, 2.75) is 97.7 Å². The smallest absolute Gasteiger partial charge is 0.338 e. The van der Waals surface area contributed by atoms with Crippen molar-refractivity contribution < 1.29 is 19.1 Å². The van der Waals surface area contributed by atoms with Crippen molar-refractivity contribution in [2.24, 2.45) is 5.92 Å². The van der Waals surface area contributed by atoms with Crippen molar-refractivity contribution in [1.29, 1.82) is 0 Å². The van der Waals surface area contributed by atoms with Crippen LogP contribution in [0.5, 0.6) is 0 Å². The van der Waals surface area contributed by atoms with Gasteiger partial charge in [0.15, 0.2) is 0 Å². The molecule has 36 heavy (non-hydrogen) atoms. The molecule has 0 radical (unpaired) electrons. The minimum absolute atomic E-state index is 0.281. The number of unbranched alkanes of at least 4 members (excludes halogenated alkanes) is 1. The zero-order valence-corrected chi connectivity index (χ0v) is 22.8. The van der Waals surface area contributed by atoms with Gasteiger partial charge in [-0.25, -0.2) is 9.59 Å². The molecule has 0 aliphatic heterocycles. The predicted molar refractivity (Wildman–Crippen MR) is 149 cm³/mol. The maximum Gasteiger partial charge on any atom is 0.338 e. The van der Waals surface area contributed by atoms with Crippen molar-refractivity contribution in [3.63, 3.8) is 0 Å². The Labute approximate surface area is 219 Å². The van der Waals surface area contributed by atoms with E-state index < -0.39 is 0 Å². The van der Waals surface area contributed by atoms with Gasteiger partial charge < -0.3 is 9.47 Å². The fourth-order valence-electron chi connectivity index (χ4n) is 3.98. The Bertz CT molecular complexity index is 847.